The zero-order chi connectivity index (χ0) is 12.3. The van der Waals surface area contributed by atoms with E-state index in [4.69, 9.17) is 5.73 Å². The summed E-state index contributed by atoms with van der Waals surface area (Å²) < 4.78 is 0. The molecule has 0 bridgehead atoms. The van der Waals surface area contributed by atoms with Crippen LogP contribution < -0.4 is 11.1 Å². The molecule has 3 N–H and O–H groups in total. The van der Waals surface area contributed by atoms with Crippen LogP contribution in [0.15, 0.2) is 5.38 Å². The van der Waals surface area contributed by atoms with Crippen molar-refractivity contribution in [1.82, 2.24) is 10.3 Å². The number of hydrogen-bond donors (Lipinski definition) is 2. The van der Waals surface area contributed by atoms with Gasteiger partial charge in [0.15, 0.2) is 0 Å². The van der Waals surface area contributed by atoms with Gasteiger partial charge in [-0.05, 0) is 25.7 Å². The highest BCUT2D eigenvalue weighted by Crippen LogP contribution is 2.32. The Morgan fingerprint density at radius 2 is 2.47 bits per heavy atom. The SMILES string of the molecule is Cc1nc(CCNC(=O)CC(N)C2CC2)cs1. The molecule has 0 spiro atoms. The molecular formula is C12H19N3OS. The van der Waals surface area contributed by atoms with E-state index in [0.717, 1.165) is 17.1 Å². The first kappa shape index (κ1) is 12.5. The van der Waals surface area contributed by atoms with E-state index in [-0.39, 0.29) is 11.9 Å². The zero-order valence-electron chi connectivity index (χ0n) is 10.1. The Bertz CT molecular complexity index is 387. The molecule has 17 heavy (non-hydrogen) atoms. The summed E-state index contributed by atoms with van der Waals surface area (Å²) in [6.45, 7) is 2.64. The maximum Gasteiger partial charge on any atom is 0.221 e. The highest BCUT2D eigenvalue weighted by molar-refractivity contribution is 7.09. The van der Waals surface area contributed by atoms with Gasteiger partial charge in [-0.15, -0.1) is 11.3 Å². The van der Waals surface area contributed by atoms with Crippen LogP contribution in [-0.4, -0.2) is 23.5 Å². The average molecular weight is 253 g/mol. The molecule has 1 aliphatic rings. The van der Waals surface area contributed by atoms with E-state index in [2.05, 4.69) is 10.3 Å². The van der Waals surface area contributed by atoms with Crippen molar-refractivity contribution in [1.29, 1.82) is 0 Å². The van der Waals surface area contributed by atoms with Crippen LogP contribution >= 0.6 is 11.3 Å². The van der Waals surface area contributed by atoms with Gasteiger partial charge in [0.05, 0.1) is 10.7 Å². The van der Waals surface area contributed by atoms with Gasteiger partial charge in [0.1, 0.15) is 0 Å². The fraction of sp³-hybridized carbons (Fsp3) is 0.667. The highest BCUT2D eigenvalue weighted by Gasteiger charge is 2.29. The first-order chi connectivity index (χ1) is 8.15. The molecule has 1 amide bonds. The second kappa shape index (κ2) is 5.60. The maximum atomic E-state index is 11.6. The number of carbonyl (C=O) groups is 1. The van der Waals surface area contributed by atoms with Gasteiger partial charge in [-0.3, -0.25) is 4.79 Å². The lowest BCUT2D eigenvalue weighted by molar-refractivity contribution is -0.121. The Kier molecular flexibility index (Phi) is 4.12. The lowest BCUT2D eigenvalue weighted by atomic mass is 10.1. The molecule has 1 saturated carbocycles. The van der Waals surface area contributed by atoms with E-state index in [9.17, 15) is 4.79 Å². The van der Waals surface area contributed by atoms with Gasteiger partial charge in [0.2, 0.25) is 5.91 Å². The summed E-state index contributed by atoms with van der Waals surface area (Å²) in [6, 6.07) is 0.0523. The van der Waals surface area contributed by atoms with Gasteiger partial charge < -0.3 is 11.1 Å². The fourth-order valence-corrected chi connectivity index (χ4v) is 2.48. The third-order valence-corrected chi connectivity index (χ3v) is 3.84. The van der Waals surface area contributed by atoms with Gasteiger partial charge in [-0.2, -0.15) is 0 Å². The number of thiazole rings is 1. The number of amides is 1. The molecule has 0 saturated heterocycles. The van der Waals surface area contributed by atoms with Gasteiger partial charge in [-0.25, -0.2) is 4.98 Å². The smallest absolute Gasteiger partial charge is 0.221 e. The quantitative estimate of drug-likeness (QED) is 0.801. The molecule has 4 nitrogen and oxygen atoms in total. The minimum Gasteiger partial charge on any atom is -0.356 e. The van der Waals surface area contributed by atoms with Crippen LogP contribution in [0, 0.1) is 12.8 Å². The van der Waals surface area contributed by atoms with E-state index in [1.54, 1.807) is 11.3 Å². The predicted octanol–water partition coefficient (Wildman–Crippen LogP) is 1.24. The average Bonchev–Trinajstić information content (AvgIpc) is 3.04. The monoisotopic (exact) mass is 253 g/mol. The van der Waals surface area contributed by atoms with E-state index in [1.807, 2.05) is 12.3 Å². The van der Waals surface area contributed by atoms with Crippen molar-refractivity contribution in [3.63, 3.8) is 0 Å². The molecule has 2 rings (SSSR count). The van der Waals surface area contributed by atoms with E-state index < -0.39 is 0 Å². The second-order valence-electron chi connectivity index (χ2n) is 4.66. The summed E-state index contributed by atoms with van der Waals surface area (Å²) in [5, 5.41) is 6.01. The van der Waals surface area contributed by atoms with E-state index in [0.29, 0.717) is 18.9 Å². The van der Waals surface area contributed by atoms with Crippen LogP contribution in [0.3, 0.4) is 0 Å². The largest absolute Gasteiger partial charge is 0.356 e. The minimum absolute atomic E-state index is 0.0523. The minimum atomic E-state index is 0.0523. The molecule has 1 aromatic heterocycles. The molecular weight excluding hydrogens is 234 g/mol. The predicted molar refractivity (Wildman–Crippen MR) is 68.9 cm³/mol. The Morgan fingerprint density at radius 3 is 3.06 bits per heavy atom. The summed E-state index contributed by atoms with van der Waals surface area (Å²) in [4.78, 5) is 15.9. The summed E-state index contributed by atoms with van der Waals surface area (Å²) in [5.41, 5.74) is 6.95. The number of nitrogens with two attached hydrogens (primary N) is 1. The molecule has 1 aliphatic carbocycles. The van der Waals surface area contributed by atoms with Gasteiger partial charge in [0, 0.05) is 30.8 Å². The normalized spacial score (nSPS) is 16.8. The van der Waals surface area contributed by atoms with Crippen LogP contribution in [-0.2, 0) is 11.2 Å². The maximum absolute atomic E-state index is 11.6. The molecule has 5 heteroatoms. The van der Waals surface area contributed by atoms with Crippen molar-refractivity contribution in [3.8, 4) is 0 Å². The van der Waals surface area contributed by atoms with Crippen molar-refractivity contribution in [2.75, 3.05) is 6.54 Å². The Balaban J connectivity index is 1.62. The van der Waals surface area contributed by atoms with Crippen LogP contribution in [0.1, 0.15) is 30.0 Å². The summed E-state index contributed by atoms with van der Waals surface area (Å²) in [5.74, 6) is 0.651. The van der Waals surface area contributed by atoms with Crippen LogP contribution in [0.2, 0.25) is 0 Å². The lowest BCUT2D eigenvalue weighted by Gasteiger charge is -2.09. The first-order valence-corrected chi connectivity index (χ1v) is 6.96. The van der Waals surface area contributed by atoms with Crippen LogP contribution in [0.25, 0.3) is 0 Å². The standard InChI is InChI=1S/C12H19N3OS/c1-8-15-10(7-17-8)4-5-14-12(16)6-11(13)9-2-3-9/h7,9,11H,2-6,13H2,1H3,(H,14,16). The molecule has 1 aromatic rings. The van der Waals surface area contributed by atoms with Crippen molar-refractivity contribution in [2.24, 2.45) is 11.7 Å². The molecule has 94 valence electrons. The fourth-order valence-electron chi connectivity index (χ4n) is 1.83. The van der Waals surface area contributed by atoms with Crippen LogP contribution in [0.5, 0.6) is 0 Å². The number of aryl methyl sites for hydroxylation is 1. The number of nitrogens with zero attached hydrogens (tertiary/aromatic N) is 1. The highest BCUT2D eigenvalue weighted by atomic mass is 32.1. The number of aromatic nitrogens is 1. The number of rotatable bonds is 6. The Morgan fingerprint density at radius 1 is 1.71 bits per heavy atom. The van der Waals surface area contributed by atoms with E-state index >= 15 is 0 Å². The molecule has 0 aromatic carbocycles. The van der Waals surface area contributed by atoms with Gasteiger partial charge in [0.25, 0.3) is 0 Å². The third-order valence-electron chi connectivity index (χ3n) is 3.02. The Hall–Kier alpha value is -0.940. The summed E-state index contributed by atoms with van der Waals surface area (Å²) in [6.07, 6.45) is 3.63. The number of hydrogen-bond acceptors (Lipinski definition) is 4. The second-order valence-corrected chi connectivity index (χ2v) is 5.73. The van der Waals surface area contributed by atoms with Crippen molar-refractivity contribution >= 4 is 17.2 Å². The zero-order valence-corrected chi connectivity index (χ0v) is 10.9. The Labute approximate surface area is 106 Å². The van der Waals surface area contributed by atoms with E-state index in [1.165, 1.54) is 12.8 Å². The topological polar surface area (TPSA) is 68.0 Å². The van der Waals surface area contributed by atoms with Crippen LogP contribution in [0.4, 0.5) is 0 Å². The molecule has 1 atom stereocenters. The van der Waals surface area contributed by atoms with Crippen molar-refractivity contribution < 1.29 is 4.79 Å². The molecule has 0 radical (unpaired) electrons. The molecule has 1 fully saturated rings. The number of nitrogens with one attached hydrogen (secondary N) is 1. The summed E-state index contributed by atoms with van der Waals surface area (Å²) >= 11 is 1.64. The summed E-state index contributed by atoms with van der Waals surface area (Å²) in [7, 11) is 0. The lowest BCUT2D eigenvalue weighted by Crippen LogP contribution is -2.33. The van der Waals surface area contributed by atoms with Gasteiger partial charge >= 0.3 is 0 Å². The van der Waals surface area contributed by atoms with Crippen molar-refractivity contribution in [3.05, 3.63) is 16.1 Å². The van der Waals surface area contributed by atoms with Crippen molar-refractivity contribution in [2.45, 2.75) is 38.6 Å². The van der Waals surface area contributed by atoms with Gasteiger partial charge in [-0.1, -0.05) is 0 Å². The molecule has 1 heterocycles. The first-order valence-electron chi connectivity index (χ1n) is 6.08. The third kappa shape index (κ3) is 4.09. The number of carbonyl (C=O) groups excluding carboxylic acids is 1. The molecule has 1 unspecified atom stereocenters. The molecule has 0 aliphatic heterocycles.